The van der Waals surface area contributed by atoms with Crippen LogP contribution in [0.15, 0.2) is 0 Å². The molecule has 0 spiro atoms. The summed E-state index contributed by atoms with van der Waals surface area (Å²) in [5.41, 5.74) is 5.15. The summed E-state index contributed by atoms with van der Waals surface area (Å²) >= 11 is 0. The van der Waals surface area contributed by atoms with E-state index in [4.69, 9.17) is 15.8 Å². The number of nitrogens with zero attached hydrogens (tertiary/aromatic N) is 1. The zero-order valence-corrected chi connectivity index (χ0v) is 13.4. The number of hydrogen-bond acceptors (Lipinski definition) is 6. The van der Waals surface area contributed by atoms with Crippen LogP contribution in [0.25, 0.3) is 0 Å². The minimum atomic E-state index is -1.40. The first-order chi connectivity index (χ1) is 10.8. The molecule has 0 saturated carbocycles. The van der Waals surface area contributed by atoms with Crippen molar-refractivity contribution in [2.75, 3.05) is 13.1 Å². The summed E-state index contributed by atoms with van der Waals surface area (Å²) in [4.78, 5) is 25.8. The van der Waals surface area contributed by atoms with E-state index in [1.807, 2.05) is 0 Å². The van der Waals surface area contributed by atoms with Crippen LogP contribution in [0.4, 0.5) is 0 Å². The van der Waals surface area contributed by atoms with E-state index in [-0.39, 0.29) is 18.3 Å². The molecule has 4 atom stereocenters. The first-order valence-corrected chi connectivity index (χ1v) is 8.18. The van der Waals surface area contributed by atoms with Crippen LogP contribution in [0.3, 0.4) is 0 Å². The first kappa shape index (κ1) is 18.2. The molecule has 0 aromatic rings. The molecule has 8 nitrogen and oxygen atoms in total. The Hall–Kier alpha value is -1.16. The molecule has 0 radical (unpaired) electrons. The number of aliphatic carboxylic acids is 1. The van der Waals surface area contributed by atoms with Gasteiger partial charge in [-0.3, -0.25) is 9.59 Å². The number of amides is 1. The maximum absolute atomic E-state index is 12.4. The van der Waals surface area contributed by atoms with Crippen LogP contribution in [0, 0.1) is 5.41 Å². The van der Waals surface area contributed by atoms with Crippen molar-refractivity contribution in [3.05, 3.63) is 0 Å². The van der Waals surface area contributed by atoms with Gasteiger partial charge in [0, 0.05) is 18.5 Å². The smallest absolute Gasteiger partial charge is 0.451 e. The lowest BCUT2D eigenvalue weighted by molar-refractivity contribution is -0.148. The maximum Gasteiger partial charge on any atom is 0.451 e. The third-order valence-corrected chi connectivity index (χ3v) is 5.20. The fourth-order valence-electron chi connectivity index (χ4n) is 4.20. The van der Waals surface area contributed by atoms with Crippen molar-refractivity contribution in [2.24, 2.45) is 11.1 Å². The van der Waals surface area contributed by atoms with Crippen LogP contribution >= 0.6 is 0 Å². The van der Waals surface area contributed by atoms with Gasteiger partial charge in [-0.15, -0.1) is 0 Å². The summed E-state index contributed by atoms with van der Waals surface area (Å²) < 4.78 is 0. The van der Waals surface area contributed by atoms with Crippen molar-refractivity contribution >= 4 is 19.0 Å². The van der Waals surface area contributed by atoms with Crippen LogP contribution in [0.5, 0.6) is 0 Å². The molecule has 0 aromatic carbocycles. The predicted octanol–water partition coefficient (Wildman–Crippen LogP) is -1.38. The Morgan fingerprint density at radius 3 is 2.74 bits per heavy atom. The van der Waals surface area contributed by atoms with Crippen molar-refractivity contribution in [3.63, 3.8) is 0 Å². The third kappa shape index (κ3) is 3.52. The molecule has 1 amide bonds. The van der Waals surface area contributed by atoms with Gasteiger partial charge in [0.15, 0.2) is 0 Å². The Labute approximate surface area is 136 Å². The predicted molar refractivity (Wildman–Crippen MR) is 84.5 cm³/mol. The number of nitrogens with two attached hydrogens (primary N) is 1. The highest BCUT2D eigenvalue weighted by atomic mass is 16.4. The molecular formula is C14H26BN3O5. The van der Waals surface area contributed by atoms with Crippen LogP contribution in [-0.4, -0.2) is 70.3 Å². The normalized spacial score (nSPS) is 31.6. The summed E-state index contributed by atoms with van der Waals surface area (Å²) in [5, 5.41) is 30.7. The van der Waals surface area contributed by atoms with E-state index in [1.54, 1.807) is 11.8 Å². The number of fused-ring (bicyclic) bond motifs is 1. The van der Waals surface area contributed by atoms with Gasteiger partial charge in [-0.2, -0.15) is 0 Å². The third-order valence-electron chi connectivity index (χ3n) is 5.20. The van der Waals surface area contributed by atoms with E-state index in [9.17, 15) is 14.7 Å². The second-order valence-corrected chi connectivity index (χ2v) is 6.73. The summed E-state index contributed by atoms with van der Waals surface area (Å²) in [6.07, 6.45) is 2.65. The number of likely N-dealkylation sites (tertiary alicyclic amines) is 1. The average molecular weight is 327 g/mol. The van der Waals surface area contributed by atoms with Gasteiger partial charge < -0.3 is 31.1 Å². The van der Waals surface area contributed by atoms with Gasteiger partial charge in [0.25, 0.3) is 0 Å². The molecule has 2 aliphatic rings. The molecular weight excluding hydrogens is 301 g/mol. The highest BCUT2D eigenvalue weighted by Gasteiger charge is 2.57. The van der Waals surface area contributed by atoms with Crippen molar-refractivity contribution in [1.29, 1.82) is 0 Å². The lowest BCUT2D eigenvalue weighted by Crippen LogP contribution is -2.59. The number of piperidine rings is 1. The Morgan fingerprint density at radius 2 is 2.17 bits per heavy atom. The largest absolute Gasteiger partial charge is 0.480 e. The van der Waals surface area contributed by atoms with Crippen LogP contribution < -0.4 is 11.1 Å². The summed E-state index contributed by atoms with van der Waals surface area (Å²) in [6, 6.07) is -1.56. The quantitative estimate of drug-likeness (QED) is 0.379. The Balaban J connectivity index is 2.25. The average Bonchev–Trinajstić information content (AvgIpc) is 2.85. The highest BCUT2D eigenvalue weighted by molar-refractivity contribution is 6.40. The molecule has 2 rings (SSSR count). The number of carboxylic acid groups (broad SMARTS) is 1. The molecule has 6 N–H and O–H groups in total. The maximum atomic E-state index is 12.4. The van der Waals surface area contributed by atoms with Gasteiger partial charge in [0.1, 0.15) is 6.04 Å². The van der Waals surface area contributed by atoms with E-state index >= 15 is 0 Å². The van der Waals surface area contributed by atoms with E-state index in [0.29, 0.717) is 32.4 Å². The van der Waals surface area contributed by atoms with Gasteiger partial charge >= 0.3 is 13.1 Å². The number of carboxylic acids is 1. The number of rotatable bonds is 6. The molecule has 23 heavy (non-hydrogen) atoms. The summed E-state index contributed by atoms with van der Waals surface area (Å²) in [5.74, 6) is -1.08. The second-order valence-electron chi connectivity index (χ2n) is 6.73. The zero-order valence-electron chi connectivity index (χ0n) is 13.4. The lowest BCUT2D eigenvalue weighted by atomic mass is 9.66. The molecule has 0 aromatic heterocycles. The van der Waals surface area contributed by atoms with E-state index < -0.39 is 30.6 Å². The van der Waals surface area contributed by atoms with Crippen LogP contribution in [0.1, 0.15) is 32.6 Å². The standard InChI is InChI=1S/C14H26BN3O5/c1-9(16)12(19)18-7-3-5-14(4-2-6-15(22)23)10(18)8-17-11(14)13(20)21/h9-11,17,22-23H,2-8,16H2,1H3,(H,20,21)/t9-,10-,11+,14-/m0/s1. The molecule has 0 unspecified atom stereocenters. The molecule has 9 heteroatoms. The Kier molecular flexibility index (Phi) is 5.67. The Morgan fingerprint density at radius 1 is 1.48 bits per heavy atom. The fraction of sp³-hybridized carbons (Fsp3) is 0.857. The van der Waals surface area contributed by atoms with Crippen molar-refractivity contribution in [2.45, 2.75) is 57.1 Å². The number of carbonyl (C=O) groups excluding carboxylic acids is 1. The minimum absolute atomic E-state index is 0.158. The SMILES string of the molecule is C[C@H](N)C(=O)N1CCC[C@]2(CCCB(O)O)[C@@H](C(=O)O)NC[C@H]12. The molecule has 2 heterocycles. The number of hydrogen-bond donors (Lipinski definition) is 5. The molecule has 2 fully saturated rings. The van der Waals surface area contributed by atoms with Gasteiger partial charge in [0.2, 0.25) is 5.91 Å². The van der Waals surface area contributed by atoms with E-state index in [2.05, 4.69) is 5.32 Å². The summed E-state index contributed by atoms with van der Waals surface area (Å²) in [6.45, 7) is 2.65. The van der Waals surface area contributed by atoms with Gasteiger partial charge in [-0.1, -0.05) is 6.42 Å². The minimum Gasteiger partial charge on any atom is -0.480 e. The van der Waals surface area contributed by atoms with E-state index in [1.165, 1.54) is 0 Å². The number of carbonyl (C=O) groups is 2. The lowest BCUT2D eigenvalue weighted by Gasteiger charge is -2.48. The molecule has 0 aliphatic carbocycles. The van der Waals surface area contributed by atoms with Crippen molar-refractivity contribution < 1.29 is 24.7 Å². The Bertz CT molecular complexity index is 462. The molecule has 0 bridgehead atoms. The molecule has 2 aliphatic heterocycles. The fourth-order valence-corrected chi connectivity index (χ4v) is 4.20. The highest BCUT2D eigenvalue weighted by Crippen LogP contribution is 2.46. The second kappa shape index (κ2) is 7.17. The van der Waals surface area contributed by atoms with Crippen LogP contribution in [-0.2, 0) is 9.59 Å². The van der Waals surface area contributed by atoms with Gasteiger partial charge in [0.05, 0.1) is 12.1 Å². The van der Waals surface area contributed by atoms with E-state index in [0.717, 1.165) is 6.42 Å². The first-order valence-electron chi connectivity index (χ1n) is 8.18. The zero-order chi connectivity index (χ0) is 17.2. The van der Waals surface area contributed by atoms with Crippen molar-refractivity contribution in [1.82, 2.24) is 10.2 Å². The summed E-state index contributed by atoms with van der Waals surface area (Å²) in [7, 11) is -1.40. The monoisotopic (exact) mass is 327 g/mol. The molecule has 2 saturated heterocycles. The van der Waals surface area contributed by atoms with Crippen molar-refractivity contribution in [3.8, 4) is 0 Å². The number of nitrogens with one attached hydrogen (secondary N) is 1. The van der Waals surface area contributed by atoms with Gasteiger partial charge in [-0.05, 0) is 32.5 Å². The molecule has 130 valence electrons. The van der Waals surface area contributed by atoms with Crippen LogP contribution in [0.2, 0.25) is 6.32 Å². The topological polar surface area (TPSA) is 136 Å². The van der Waals surface area contributed by atoms with Gasteiger partial charge in [-0.25, -0.2) is 0 Å².